The third-order valence-corrected chi connectivity index (χ3v) is 4.71. The van der Waals surface area contributed by atoms with Gasteiger partial charge in [0.05, 0.1) is 0 Å². The lowest BCUT2D eigenvalue weighted by atomic mass is 9.71. The summed E-state index contributed by atoms with van der Waals surface area (Å²) in [6, 6.07) is 2.05. The predicted molar refractivity (Wildman–Crippen MR) is 72.4 cm³/mol. The van der Waals surface area contributed by atoms with E-state index >= 15 is 0 Å². The predicted octanol–water partition coefficient (Wildman–Crippen LogP) is 2.89. The number of hydrogen-bond acceptors (Lipinski definition) is 3. The second-order valence-corrected chi connectivity index (χ2v) is 6.28. The van der Waals surface area contributed by atoms with E-state index in [0.717, 1.165) is 18.7 Å². The van der Waals surface area contributed by atoms with Crippen molar-refractivity contribution in [3.8, 4) is 0 Å². The molecule has 1 aromatic heterocycles. The molecular formula is C14H21NOS. The van der Waals surface area contributed by atoms with E-state index in [9.17, 15) is 4.79 Å². The summed E-state index contributed by atoms with van der Waals surface area (Å²) < 4.78 is 0. The number of rotatable bonds is 4. The Morgan fingerprint density at radius 3 is 3.00 bits per heavy atom. The minimum absolute atomic E-state index is 0.199. The molecule has 0 amide bonds. The fourth-order valence-electron chi connectivity index (χ4n) is 2.50. The normalized spacial score (nSPS) is 21.4. The Kier molecular flexibility index (Phi) is 4.00. The highest BCUT2D eigenvalue weighted by atomic mass is 32.1. The van der Waals surface area contributed by atoms with Gasteiger partial charge in [-0.15, -0.1) is 0 Å². The molecule has 1 fully saturated rings. The molecule has 1 saturated heterocycles. The van der Waals surface area contributed by atoms with E-state index in [2.05, 4.69) is 30.6 Å². The van der Waals surface area contributed by atoms with Gasteiger partial charge in [-0.3, -0.25) is 4.79 Å². The molecule has 0 spiro atoms. The van der Waals surface area contributed by atoms with Crippen molar-refractivity contribution in [3.05, 3.63) is 22.4 Å². The van der Waals surface area contributed by atoms with E-state index < -0.39 is 0 Å². The molecule has 3 heteroatoms. The standard InChI is InChI=1S/C14H21NOS/c1-14(2,12-4-3-6-15-9-12)13(16)8-11-5-7-17-10-11/h5,7,10,12,15H,3-4,6,8-9H2,1-2H3. The maximum absolute atomic E-state index is 12.4. The molecule has 2 nitrogen and oxygen atoms in total. The van der Waals surface area contributed by atoms with Crippen LogP contribution < -0.4 is 5.32 Å². The lowest BCUT2D eigenvalue weighted by molar-refractivity contribution is -0.129. The number of thiophene rings is 1. The van der Waals surface area contributed by atoms with Crippen LogP contribution in [0.4, 0.5) is 0 Å². The molecule has 17 heavy (non-hydrogen) atoms. The van der Waals surface area contributed by atoms with Crippen LogP contribution in [-0.2, 0) is 11.2 Å². The molecule has 2 rings (SSSR count). The van der Waals surface area contributed by atoms with Crippen LogP contribution in [0.3, 0.4) is 0 Å². The highest BCUT2D eigenvalue weighted by Crippen LogP contribution is 2.33. The van der Waals surface area contributed by atoms with Gasteiger partial charge >= 0.3 is 0 Å². The topological polar surface area (TPSA) is 29.1 Å². The first-order chi connectivity index (χ1) is 8.10. The Labute approximate surface area is 107 Å². The van der Waals surface area contributed by atoms with Crippen molar-refractivity contribution >= 4 is 17.1 Å². The fraction of sp³-hybridized carbons (Fsp3) is 0.643. The molecule has 0 aromatic carbocycles. The molecule has 1 atom stereocenters. The Morgan fingerprint density at radius 2 is 2.41 bits per heavy atom. The van der Waals surface area contributed by atoms with Crippen LogP contribution in [0, 0.1) is 11.3 Å². The van der Waals surface area contributed by atoms with Gasteiger partial charge in [-0.05, 0) is 54.2 Å². The number of piperidine rings is 1. The lowest BCUT2D eigenvalue weighted by Crippen LogP contribution is -2.43. The van der Waals surface area contributed by atoms with Gasteiger partial charge in [0.15, 0.2) is 0 Å². The lowest BCUT2D eigenvalue weighted by Gasteiger charge is -2.36. The highest BCUT2D eigenvalue weighted by Gasteiger charge is 2.36. The molecule has 1 aromatic rings. The third kappa shape index (κ3) is 2.96. The van der Waals surface area contributed by atoms with Crippen LogP contribution >= 0.6 is 11.3 Å². The van der Waals surface area contributed by atoms with Crippen molar-refractivity contribution in [3.63, 3.8) is 0 Å². The maximum atomic E-state index is 12.4. The van der Waals surface area contributed by atoms with Gasteiger partial charge in [-0.25, -0.2) is 0 Å². The van der Waals surface area contributed by atoms with Crippen molar-refractivity contribution in [1.82, 2.24) is 5.32 Å². The number of hydrogen-bond donors (Lipinski definition) is 1. The average Bonchev–Trinajstić information content (AvgIpc) is 2.83. The number of carbonyl (C=O) groups is 1. The molecule has 1 unspecified atom stereocenters. The zero-order valence-electron chi connectivity index (χ0n) is 10.7. The quantitative estimate of drug-likeness (QED) is 0.891. The number of carbonyl (C=O) groups excluding carboxylic acids is 1. The Balaban J connectivity index is 2.00. The van der Waals surface area contributed by atoms with Gasteiger partial charge in [-0.1, -0.05) is 13.8 Å². The number of nitrogens with one attached hydrogen (secondary N) is 1. The molecule has 0 bridgehead atoms. The molecule has 0 aliphatic carbocycles. The Morgan fingerprint density at radius 1 is 1.59 bits per heavy atom. The summed E-state index contributed by atoms with van der Waals surface area (Å²) in [5.74, 6) is 0.868. The zero-order valence-corrected chi connectivity index (χ0v) is 11.5. The minimum Gasteiger partial charge on any atom is -0.316 e. The van der Waals surface area contributed by atoms with Gasteiger partial charge in [0.25, 0.3) is 0 Å². The zero-order chi connectivity index (χ0) is 12.3. The van der Waals surface area contributed by atoms with Gasteiger partial charge < -0.3 is 5.32 Å². The van der Waals surface area contributed by atoms with Crippen molar-refractivity contribution < 1.29 is 4.79 Å². The first kappa shape index (κ1) is 12.8. The second kappa shape index (κ2) is 5.32. The van der Waals surface area contributed by atoms with Gasteiger partial charge in [0, 0.05) is 11.8 Å². The highest BCUT2D eigenvalue weighted by molar-refractivity contribution is 7.08. The van der Waals surface area contributed by atoms with Crippen LogP contribution in [0.25, 0.3) is 0 Å². The molecule has 1 N–H and O–H groups in total. The maximum Gasteiger partial charge on any atom is 0.143 e. The van der Waals surface area contributed by atoms with Gasteiger partial charge in [0.1, 0.15) is 5.78 Å². The molecule has 0 saturated carbocycles. The van der Waals surface area contributed by atoms with Crippen LogP contribution in [0.1, 0.15) is 32.3 Å². The van der Waals surface area contributed by atoms with E-state index in [1.807, 2.05) is 5.38 Å². The van der Waals surface area contributed by atoms with E-state index in [-0.39, 0.29) is 5.41 Å². The number of Topliss-reactive ketones (excluding diaryl/α,β-unsaturated/α-hetero) is 1. The first-order valence-corrected chi connectivity index (χ1v) is 7.30. The monoisotopic (exact) mass is 251 g/mol. The molecule has 2 heterocycles. The summed E-state index contributed by atoms with van der Waals surface area (Å²) >= 11 is 1.66. The summed E-state index contributed by atoms with van der Waals surface area (Å²) in [6.45, 7) is 6.31. The molecule has 1 aliphatic heterocycles. The second-order valence-electron chi connectivity index (χ2n) is 5.50. The summed E-state index contributed by atoms with van der Waals surface area (Å²) in [4.78, 5) is 12.4. The van der Waals surface area contributed by atoms with Crippen LogP contribution in [-0.4, -0.2) is 18.9 Å². The molecule has 0 radical (unpaired) electrons. The van der Waals surface area contributed by atoms with Gasteiger partial charge in [0.2, 0.25) is 0 Å². The van der Waals surface area contributed by atoms with E-state index in [1.54, 1.807) is 11.3 Å². The summed E-state index contributed by atoms with van der Waals surface area (Å²) in [5, 5.41) is 7.52. The summed E-state index contributed by atoms with van der Waals surface area (Å²) in [6.07, 6.45) is 2.96. The third-order valence-electron chi connectivity index (χ3n) is 3.98. The molecule has 94 valence electrons. The van der Waals surface area contributed by atoms with Crippen molar-refractivity contribution in [2.75, 3.05) is 13.1 Å². The molecule has 1 aliphatic rings. The van der Waals surface area contributed by atoms with Gasteiger partial charge in [-0.2, -0.15) is 11.3 Å². The largest absolute Gasteiger partial charge is 0.316 e. The van der Waals surface area contributed by atoms with Crippen molar-refractivity contribution in [2.24, 2.45) is 11.3 Å². The number of ketones is 1. The summed E-state index contributed by atoms with van der Waals surface area (Å²) in [7, 11) is 0. The summed E-state index contributed by atoms with van der Waals surface area (Å²) in [5.41, 5.74) is 0.965. The SMILES string of the molecule is CC(C)(C(=O)Cc1ccsc1)C1CCCNC1. The Bertz CT molecular complexity index is 364. The Hall–Kier alpha value is -0.670. The van der Waals surface area contributed by atoms with Crippen molar-refractivity contribution in [2.45, 2.75) is 33.1 Å². The smallest absolute Gasteiger partial charge is 0.143 e. The van der Waals surface area contributed by atoms with E-state index in [0.29, 0.717) is 18.1 Å². The molecular weight excluding hydrogens is 230 g/mol. The first-order valence-electron chi connectivity index (χ1n) is 6.36. The average molecular weight is 251 g/mol. The van der Waals surface area contributed by atoms with Crippen molar-refractivity contribution in [1.29, 1.82) is 0 Å². The van der Waals surface area contributed by atoms with E-state index in [4.69, 9.17) is 0 Å². The van der Waals surface area contributed by atoms with Crippen LogP contribution in [0.15, 0.2) is 16.8 Å². The fourth-order valence-corrected chi connectivity index (χ4v) is 3.17. The van der Waals surface area contributed by atoms with E-state index in [1.165, 1.54) is 12.8 Å². The van der Waals surface area contributed by atoms with Crippen LogP contribution in [0.5, 0.6) is 0 Å². The minimum atomic E-state index is -0.199. The van der Waals surface area contributed by atoms with Crippen LogP contribution in [0.2, 0.25) is 0 Å².